The highest BCUT2D eigenvalue weighted by Gasteiger charge is 2.18. The molecule has 0 spiro atoms. The molecule has 0 bridgehead atoms. The number of nitrogens with zero attached hydrogens (tertiary/aromatic N) is 6. The molecule has 0 aliphatic rings. The molecule has 0 aliphatic heterocycles. The Kier molecular flexibility index (Phi) is 19.4. The number of benzene rings is 5. The van der Waals surface area contributed by atoms with E-state index < -0.39 is 10.1 Å². The lowest BCUT2D eigenvalue weighted by Gasteiger charge is -2.08. The SMILES string of the molecule is CCCCCCCCCCCCc1ccc(S(=O)(=O)[O-])cc1.Cc1cc(/C=C/c2cc[n+](CCCn3cc(-c4cn(C)c5ccccc45)c4ccccc43)c(C)c2)cc[n+]1CCCCn1cc(-c2cn(C)c3ccccc23)c2ccccc21. The number of hydrogen-bond donors (Lipinski definition) is 0. The van der Waals surface area contributed by atoms with E-state index in [1.807, 2.05) is 0 Å². The second-order valence-electron chi connectivity index (χ2n) is 22.9. The lowest BCUT2D eigenvalue weighted by Crippen LogP contribution is -2.37. The number of aryl methyl sites for hydroxylation is 9. The molecule has 0 saturated heterocycles. The van der Waals surface area contributed by atoms with E-state index in [2.05, 4.69) is 233 Å². The van der Waals surface area contributed by atoms with Gasteiger partial charge >= 0.3 is 0 Å². The van der Waals surface area contributed by atoms with E-state index in [-0.39, 0.29) is 4.90 Å². The maximum atomic E-state index is 10.8. The van der Waals surface area contributed by atoms with Gasteiger partial charge in [-0.15, -0.1) is 0 Å². The molecule has 428 valence electrons. The molecule has 0 aliphatic carbocycles. The van der Waals surface area contributed by atoms with E-state index in [0.29, 0.717) is 0 Å². The van der Waals surface area contributed by atoms with Gasteiger partial charge in [-0.25, -0.2) is 17.6 Å². The highest BCUT2D eigenvalue weighted by Crippen LogP contribution is 2.38. The van der Waals surface area contributed by atoms with Gasteiger partial charge in [0.05, 0.1) is 4.90 Å². The van der Waals surface area contributed by atoms with Crippen LogP contribution in [0.4, 0.5) is 0 Å². The van der Waals surface area contributed by atoms with Crippen LogP contribution in [0.2, 0.25) is 0 Å². The average Bonchev–Trinajstić information content (AvgIpc) is 4.36. The van der Waals surface area contributed by atoms with Crippen molar-refractivity contribution in [2.75, 3.05) is 0 Å². The predicted octanol–water partition coefficient (Wildman–Crippen LogP) is 16.9. The zero-order valence-corrected chi connectivity index (χ0v) is 50.3. The molecule has 0 unspecified atom stereocenters. The maximum absolute atomic E-state index is 10.8. The number of para-hydroxylation sites is 4. The van der Waals surface area contributed by atoms with Crippen LogP contribution in [0.5, 0.6) is 0 Å². The van der Waals surface area contributed by atoms with Gasteiger partial charge in [-0.3, -0.25) is 0 Å². The molecule has 0 amide bonds. The molecule has 0 atom stereocenters. The number of rotatable bonds is 25. The van der Waals surface area contributed by atoms with E-state index in [9.17, 15) is 13.0 Å². The largest absolute Gasteiger partial charge is 0.744 e. The van der Waals surface area contributed by atoms with Crippen LogP contribution in [0.15, 0.2) is 188 Å². The fraction of sp³-hybridized carbons (Fsp3) is 0.315. The topological polar surface area (TPSA) is 84.7 Å². The van der Waals surface area contributed by atoms with Crippen molar-refractivity contribution in [2.45, 2.75) is 142 Å². The Balaban J connectivity index is 0.000000296. The maximum Gasteiger partial charge on any atom is 0.178 e. The van der Waals surface area contributed by atoms with Crippen LogP contribution < -0.4 is 9.13 Å². The Hall–Kier alpha value is -7.79. The molecule has 10 heteroatoms. The van der Waals surface area contributed by atoms with Crippen LogP contribution >= 0.6 is 0 Å². The first kappa shape index (κ1) is 58.4. The fourth-order valence-electron chi connectivity index (χ4n) is 12.3. The van der Waals surface area contributed by atoms with Gasteiger partial charge in [0.15, 0.2) is 23.8 Å². The third-order valence-electron chi connectivity index (χ3n) is 16.8. The van der Waals surface area contributed by atoms with Gasteiger partial charge in [0.25, 0.3) is 0 Å². The van der Waals surface area contributed by atoms with Crippen molar-refractivity contribution in [3.05, 3.63) is 211 Å². The lowest BCUT2D eigenvalue weighted by molar-refractivity contribution is -0.703. The van der Waals surface area contributed by atoms with E-state index in [1.165, 1.54) is 158 Å². The van der Waals surface area contributed by atoms with Crippen molar-refractivity contribution >= 4 is 65.9 Å². The molecule has 0 saturated carbocycles. The average molecular weight is 1120 g/mol. The van der Waals surface area contributed by atoms with Gasteiger partial charge in [-0.2, -0.15) is 0 Å². The quantitative estimate of drug-likeness (QED) is 0.0325. The summed E-state index contributed by atoms with van der Waals surface area (Å²) in [5.74, 6) is 0. The normalized spacial score (nSPS) is 11.9. The standard InChI is InChI=1S/C55H54N6.C18H30O3S/c1-40-34-42(26-32-58(40)28-13-14-29-60-38-50(46-18-7-11-22-54(46)60)48-36-56(3)52-20-9-5-16-44(48)52)24-25-43-27-33-59(41(2)35-43)30-15-31-61-39-51(47-19-8-12-23-55(47)61)49-37-57(4)53-21-10-6-17-45(49)53;1-2-3-4-5-6-7-8-9-10-11-12-17-13-15-18(16-14-17)22(19,20)21/h5-12,16-27,32-39H,13-15,28-31H2,1-4H3;13-16H,2-12H2,1H3,(H,19,20,21)/q+2;/p-1/b25-24+;. The molecule has 0 N–H and O–H groups in total. The summed E-state index contributed by atoms with van der Waals surface area (Å²) in [7, 11) is -0.0319. The van der Waals surface area contributed by atoms with E-state index in [0.717, 1.165) is 63.8 Å². The number of pyridine rings is 2. The van der Waals surface area contributed by atoms with Crippen LogP contribution in [0.25, 0.3) is 78.0 Å². The van der Waals surface area contributed by atoms with Gasteiger partial charge in [-0.1, -0.05) is 162 Å². The van der Waals surface area contributed by atoms with Crippen molar-refractivity contribution in [2.24, 2.45) is 14.1 Å². The van der Waals surface area contributed by atoms with Crippen LogP contribution in [0.3, 0.4) is 0 Å². The second kappa shape index (κ2) is 27.5. The molecular weight excluding hydrogens is 1040 g/mol. The molecule has 11 rings (SSSR count). The summed E-state index contributed by atoms with van der Waals surface area (Å²) < 4.78 is 46.7. The van der Waals surface area contributed by atoms with E-state index in [1.54, 1.807) is 12.1 Å². The van der Waals surface area contributed by atoms with Crippen molar-refractivity contribution in [3.63, 3.8) is 0 Å². The Labute approximate surface area is 492 Å². The summed E-state index contributed by atoms with van der Waals surface area (Å²) in [6.07, 6.45) is 35.6. The van der Waals surface area contributed by atoms with Crippen molar-refractivity contribution in [1.29, 1.82) is 0 Å². The molecular formula is C73H83N6O3S+. The van der Waals surface area contributed by atoms with Crippen LogP contribution in [-0.4, -0.2) is 31.2 Å². The first-order valence-electron chi connectivity index (χ1n) is 30.4. The van der Waals surface area contributed by atoms with Gasteiger partial charge < -0.3 is 22.8 Å². The molecule has 83 heavy (non-hydrogen) atoms. The monoisotopic (exact) mass is 1120 g/mol. The smallest absolute Gasteiger partial charge is 0.178 e. The molecule has 0 fully saturated rings. The summed E-state index contributed by atoms with van der Waals surface area (Å²) in [6, 6.07) is 50.5. The zero-order chi connectivity index (χ0) is 57.7. The minimum absolute atomic E-state index is 0.140. The summed E-state index contributed by atoms with van der Waals surface area (Å²) in [4.78, 5) is -0.140. The third-order valence-corrected chi connectivity index (χ3v) is 17.7. The Bertz CT molecular complexity index is 4100. The molecule has 11 aromatic rings. The van der Waals surface area contributed by atoms with Crippen LogP contribution in [0, 0.1) is 13.8 Å². The number of aromatic nitrogens is 6. The summed E-state index contributed by atoms with van der Waals surface area (Å²) in [5, 5.41) is 5.24. The second-order valence-corrected chi connectivity index (χ2v) is 24.2. The van der Waals surface area contributed by atoms with Crippen molar-refractivity contribution in [3.8, 4) is 22.3 Å². The Morgan fingerprint density at radius 1 is 0.446 bits per heavy atom. The van der Waals surface area contributed by atoms with Gasteiger partial charge in [0.2, 0.25) is 0 Å². The van der Waals surface area contributed by atoms with Gasteiger partial charge in [0, 0.05) is 169 Å². The minimum Gasteiger partial charge on any atom is -0.744 e. The predicted molar refractivity (Wildman–Crippen MR) is 343 cm³/mol. The highest BCUT2D eigenvalue weighted by atomic mass is 32.2. The molecule has 5 aromatic carbocycles. The van der Waals surface area contributed by atoms with Crippen molar-refractivity contribution < 1.29 is 22.1 Å². The van der Waals surface area contributed by atoms with Crippen LogP contribution in [-0.2, 0) is 56.8 Å². The Morgan fingerprint density at radius 3 is 1.30 bits per heavy atom. The molecule has 6 heterocycles. The van der Waals surface area contributed by atoms with E-state index in [4.69, 9.17) is 0 Å². The van der Waals surface area contributed by atoms with Gasteiger partial charge in [0.1, 0.15) is 23.2 Å². The summed E-state index contributed by atoms with van der Waals surface area (Å²) in [6.45, 7) is 10.6. The third kappa shape index (κ3) is 14.4. The number of fused-ring (bicyclic) bond motifs is 4. The minimum atomic E-state index is -4.31. The summed E-state index contributed by atoms with van der Waals surface area (Å²) >= 11 is 0. The summed E-state index contributed by atoms with van der Waals surface area (Å²) in [5.41, 5.74) is 16.5. The highest BCUT2D eigenvalue weighted by molar-refractivity contribution is 7.85. The number of unbranched alkanes of at least 4 members (excludes halogenated alkanes) is 10. The molecule has 6 aromatic heterocycles. The lowest BCUT2D eigenvalue weighted by atomic mass is 10.0. The first-order chi connectivity index (χ1) is 40.4. The Morgan fingerprint density at radius 2 is 0.843 bits per heavy atom. The van der Waals surface area contributed by atoms with E-state index >= 15 is 0 Å². The van der Waals surface area contributed by atoms with Gasteiger partial charge in [-0.05, 0) is 72.4 Å². The van der Waals surface area contributed by atoms with Crippen molar-refractivity contribution in [1.82, 2.24) is 18.3 Å². The molecule has 0 radical (unpaired) electrons. The molecule has 9 nitrogen and oxygen atoms in total. The van der Waals surface area contributed by atoms with Crippen LogP contribution in [0.1, 0.15) is 118 Å². The zero-order valence-electron chi connectivity index (χ0n) is 49.5. The fourth-order valence-corrected chi connectivity index (χ4v) is 12.7. The first-order valence-corrected chi connectivity index (χ1v) is 31.8. The number of hydrogen-bond acceptors (Lipinski definition) is 3.